The van der Waals surface area contributed by atoms with E-state index < -0.39 is 11.8 Å². The molecule has 3 aromatic rings. The maximum atomic E-state index is 13.0. The first-order valence-electron chi connectivity index (χ1n) is 10.8. The smallest absolute Gasteiger partial charge is 0.283 e. The molecule has 1 aliphatic rings. The van der Waals surface area contributed by atoms with E-state index in [2.05, 4.69) is 10.6 Å². The maximum Gasteiger partial charge on any atom is 0.283 e. The van der Waals surface area contributed by atoms with E-state index in [0.717, 1.165) is 10.5 Å². The lowest BCUT2D eigenvalue weighted by molar-refractivity contribution is -0.120. The summed E-state index contributed by atoms with van der Waals surface area (Å²) in [6.07, 6.45) is 0.101. The number of nitrogens with one attached hydrogen (secondary N) is 2. The Hall–Kier alpha value is -4.17. The number of ether oxygens (including phenoxy) is 1. The molecule has 2 N–H and O–H groups in total. The zero-order valence-corrected chi connectivity index (χ0v) is 19.4. The Labute approximate surface area is 206 Å². The first-order chi connectivity index (χ1) is 16.9. The lowest BCUT2D eigenvalue weighted by Crippen LogP contribution is -2.32. The summed E-state index contributed by atoms with van der Waals surface area (Å²) in [6, 6.07) is 18.8. The van der Waals surface area contributed by atoms with E-state index in [1.165, 1.54) is 24.3 Å². The second-order valence-electron chi connectivity index (χ2n) is 7.62. The molecule has 0 bridgehead atoms. The summed E-state index contributed by atoms with van der Waals surface area (Å²) in [5, 5.41) is 5.38. The minimum atomic E-state index is -0.627. The second kappa shape index (κ2) is 10.4. The fourth-order valence-electron chi connectivity index (χ4n) is 3.48. The highest BCUT2D eigenvalue weighted by Crippen LogP contribution is 2.31. The van der Waals surface area contributed by atoms with Crippen LogP contribution in [0.3, 0.4) is 0 Å². The molecule has 0 radical (unpaired) electrons. The highest BCUT2D eigenvalue weighted by atomic mass is 35.5. The number of anilines is 3. The molecule has 178 valence electrons. The second-order valence-corrected chi connectivity index (χ2v) is 7.99. The van der Waals surface area contributed by atoms with Gasteiger partial charge in [-0.2, -0.15) is 0 Å². The Morgan fingerprint density at radius 3 is 2.17 bits per heavy atom. The van der Waals surface area contributed by atoms with E-state index in [-0.39, 0.29) is 28.9 Å². The zero-order valence-electron chi connectivity index (χ0n) is 18.7. The summed E-state index contributed by atoms with van der Waals surface area (Å²) in [5.74, 6) is -1.22. The molecule has 0 fully saturated rings. The Kier molecular flexibility index (Phi) is 7.12. The molecular formula is C26H21ClFN3O4. The van der Waals surface area contributed by atoms with Crippen LogP contribution in [0.25, 0.3) is 0 Å². The van der Waals surface area contributed by atoms with Gasteiger partial charge < -0.3 is 15.4 Å². The van der Waals surface area contributed by atoms with Crippen LogP contribution < -0.4 is 20.3 Å². The van der Waals surface area contributed by atoms with Crippen molar-refractivity contribution in [2.24, 2.45) is 0 Å². The number of hydrogen-bond donors (Lipinski definition) is 2. The van der Waals surface area contributed by atoms with Crippen LogP contribution in [0.2, 0.25) is 0 Å². The minimum Gasteiger partial charge on any atom is -0.494 e. The van der Waals surface area contributed by atoms with Crippen LogP contribution >= 0.6 is 11.6 Å². The molecule has 0 atom stereocenters. The quantitative estimate of drug-likeness (QED) is 0.438. The van der Waals surface area contributed by atoms with Crippen LogP contribution in [-0.2, 0) is 20.8 Å². The molecule has 1 heterocycles. The van der Waals surface area contributed by atoms with Crippen molar-refractivity contribution >= 4 is 46.4 Å². The zero-order chi connectivity index (χ0) is 24.9. The van der Waals surface area contributed by atoms with E-state index in [9.17, 15) is 18.8 Å². The molecule has 0 saturated heterocycles. The predicted molar refractivity (Wildman–Crippen MR) is 132 cm³/mol. The molecule has 1 aliphatic heterocycles. The van der Waals surface area contributed by atoms with Crippen molar-refractivity contribution in [1.82, 2.24) is 0 Å². The van der Waals surface area contributed by atoms with Crippen LogP contribution in [0.15, 0.2) is 83.5 Å². The molecule has 0 unspecified atom stereocenters. The van der Waals surface area contributed by atoms with E-state index in [1.54, 1.807) is 48.5 Å². The number of hydrogen-bond acceptors (Lipinski definition) is 5. The van der Waals surface area contributed by atoms with Crippen LogP contribution in [0, 0.1) is 5.82 Å². The number of carbonyl (C=O) groups is 3. The summed E-state index contributed by atoms with van der Waals surface area (Å²) < 4.78 is 18.4. The van der Waals surface area contributed by atoms with Crippen molar-refractivity contribution in [3.8, 4) is 5.75 Å². The van der Waals surface area contributed by atoms with Gasteiger partial charge in [-0.05, 0) is 73.2 Å². The summed E-state index contributed by atoms with van der Waals surface area (Å²) in [4.78, 5) is 38.8. The van der Waals surface area contributed by atoms with Crippen molar-refractivity contribution in [3.63, 3.8) is 0 Å². The van der Waals surface area contributed by atoms with Crippen LogP contribution in [0.1, 0.15) is 12.5 Å². The maximum absolute atomic E-state index is 13.0. The summed E-state index contributed by atoms with van der Waals surface area (Å²) in [7, 11) is 0. The molecule has 7 nitrogen and oxygen atoms in total. The Morgan fingerprint density at radius 2 is 1.54 bits per heavy atom. The van der Waals surface area contributed by atoms with Gasteiger partial charge in [0.2, 0.25) is 5.91 Å². The van der Waals surface area contributed by atoms with E-state index in [0.29, 0.717) is 29.4 Å². The monoisotopic (exact) mass is 493 g/mol. The fraction of sp³-hybridized carbons (Fsp3) is 0.115. The van der Waals surface area contributed by atoms with Crippen molar-refractivity contribution in [2.75, 3.05) is 22.1 Å². The van der Waals surface area contributed by atoms with Gasteiger partial charge in [0.25, 0.3) is 11.8 Å². The number of carbonyl (C=O) groups excluding carboxylic acids is 3. The lowest BCUT2D eigenvalue weighted by atomic mass is 10.1. The lowest BCUT2D eigenvalue weighted by Gasteiger charge is -2.15. The number of halogens is 2. The summed E-state index contributed by atoms with van der Waals surface area (Å²) in [6.45, 7) is 2.36. The molecule has 4 rings (SSSR count). The van der Waals surface area contributed by atoms with Gasteiger partial charge in [-0.25, -0.2) is 9.29 Å². The van der Waals surface area contributed by atoms with Crippen LogP contribution in [-0.4, -0.2) is 24.3 Å². The predicted octanol–water partition coefficient (Wildman–Crippen LogP) is 4.84. The standard InChI is InChI=1S/C26H21ClFN3O4/c1-2-35-21-13-11-20(12-14-21)31-25(33)23(27)24(26(31)34)30-19-7-3-16(4-8-19)15-22(32)29-18-9-5-17(28)6-10-18/h3-14,30H,2,15H2,1H3,(H,29,32). The molecular weight excluding hydrogens is 473 g/mol. The van der Waals surface area contributed by atoms with Gasteiger partial charge in [-0.3, -0.25) is 14.4 Å². The van der Waals surface area contributed by atoms with Gasteiger partial charge in [-0.15, -0.1) is 0 Å². The highest BCUT2D eigenvalue weighted by molar-refractivity contribution is 6.53. The topological polar surface area (TPSA) is 87.7 Å². The Morgan fingerprint density at radius 1 is 0.914 bits per heavy atom. The average molecular weight is 494 g/mol. The Balaban J connectivity index is 1.40. The third kappa shape index (κ3) is 5.50. The SMILES string of the molecule is CCOc1ccc(N2C(=O)C(Cl)=C(Nc3ccc(CC(=O)Nc4ccc(F)cc4)cc3)C2=O)cc1. The van der Waals surface area contributed by atoms with E-state index in [4.69, 9.17) is 16.3 Å². The molecule has 35 heavy (non-hydrogen) atoms. The third-order valence-corrected chi connectivity index (χ3v) is 5.50. The number of nitrogens with zero attached hydrogens (tertiary/aromatic N) is 1. The fourth-order valence-corrected chi connectivity index (χ4v) is 3.69. The molecule has 9 heteroatoms. The number of imide groups is 1. The summed E-state index contributed by atoms with van der Waals surface area (Å²) >= 11 is 6.19. The third-order valence-electron chi connectivity index (χ3n) is 5.15. The van der Waals surface area contributed by atoms with Gasteiger partial charge in [0.1, 0.15) is 22.3 Å². The number of rotatable bonds is 8. The van der Waals surface area contributed by atoms with E-state index in [1.807, 2.05) is 6.92 Å². The van der Waals surface area contributed by atoms with Gasteiger partial charge in [0.05, 0.1) is 18.7 Å². The van der Waals surface area contributed by atoms with Gasteiger partial charge in [0, 0.05) is 11.4 Å². The largest absolute Gasteiger partial charge is 0.494 e. The minimum absolute atomic E-state index is 0.0349. The first-order valence-corrected chi connectivity index (χ1v) is 11.2. The normalized spacial score (nSPS) is 13.3. The van der Waals surface area contributed by atoms with Crippen LogP contribution in [0.4, 0.5) is 21.5 Å². The molecule has 3 amide bonds. The average Bonchev–Trinajstić information content (AvgIpc) is 3.05. The van der Waals surface area contributed by atoms with Gasteiger partial charge in [0.15, 0.2) is 0 Å². The molecule has 3 aromatic carbocycles. The number of amides is 3. The van der Waals surface area contributed by atoms with Crippen molar-refractivity contribution in [2.45, 2.75) is 13.3 Å². The Bertz CT molecular complexity index is 1290. The van der Waals surface area contributed by atoms with Crippen molar-refractivity contribution < 1.29 is 23.5 Å². The van der Waals surface area contributed by atoms with Crippen LogP contribution in [0.5, 0.6) is 5.75 Å². The summed E-state index contributed by atoms with van der Waals surface area (Å²) in [5.41, 5.74) is 2.08. The van der Waals surface area contributed by atoms with Crippen molar-refractivity contribution in [3.05, 3.63) is 94.9 Å². The molecule has 0 saturated carbocycles. The van der Waals surface area contributed by atoms with E-state index >= 15 is 0 Å². The van der Waals surface area contributed by atoms with Crippen molar-refractivity contribution in [1.29, 1.82) is 0 Å². The molecule has 0 spiro atoms. The molecule has 0 aliphatic carbocycles. The van der Waals surface area contributed by atoms with Gasteiger partial charge >= 0.3 is 0 Å². The molecule has 0 aromatic heterocycles. The van der Waals surface area contributed by atoms with Gasteiger partial charge in [-0.1, -0.05) is 23.7 Å². The highest BCUT2D eigenvalue weighted by Gasteiger charge is 2.38. The first kappa shape index (κ1) is 24.0. The number of benzene rings is 3.